The first-order valence-corrected chi connectivity index (χ1v) is 15.2. The lowest BCUT2D eigenvalue weighted by Crippen LogP contribution is -2.49. The van der Waals surface area contributed by atoms with Gasteiger partial charge in [0, 0.05) is 42.8 Å². The maximum atomic E-state index is 13.7. The van der Waals surface area contributed by atoms with Gasteiger partial charge in [0.05, 0.1) is 29.6 Å². The number of fused-ring (bicyclic) bond motifs is 1. The predicted octanol–water partition coefficient (Wildman–Crippen LogP) is 4.40. The van der Waals surface area contributed by atoms with Crippen molar-refractivity contribution in [1.82, 2.24) is 15.1 Å². The van der Waals surface area contributed by atoms with Crippen LogP contribution in [0.25, 0.3) is 0 Å². The predicted molar refractivity (Wildman–Crippen MR) is 176 cm³/mol. The Morgan fingerprint density at radius 2 is 1.78 bits per heavy atom. The number of aliphatic hydroxyl groups is 1. The van der Waals surface area contributed by atoms with E-state index in [0.29, 0.717) is 53.6 Å². The molecule has 1 heterocycles. The van der Waals surface area contributed by atoms with Gasteiger partial charge in [-0.25, -0.2) is 4.79 Å². The molecule has 0 saturated carbocycles. The summed E-state index contributed by atoms with van der Waals surface area (Å²) in [6.07, 6.45) is -0.278. The highest BCUT2D eigenvalue weighted by molar-refractivity contribution is 6.05. The molecule has 4 amide bonds. The number of para-hydroxylation sites is 2. The number of aliphatic hydroxyl groups excluding tert-OH is 1. The summed E-state index contributed by atoms with van der Waals surface area (Å²) in [7, 11) is 1.99. The smallest absolute Gasteiger partial charge is 0.319 e. The highest BCUT2D eigenvalue weighted by Gasteiger charge is 2.33. The van der Waals surface area contributed by atoms with Gasteiger partial charge in [-0.1, -0.05) is 31.2 Å². The van der Waals surface area contributed by atoms with Crippen LogP contribution < -0.4 is 26.4 Å². The monoisotopic (exact) mass is 616 g/mol. The molecule has 4 rings (SSSR count). The summed E-state index contributed by atoms with van der Waals surface area (Å²) >= 11 is 0. The van der Waals surface area contributed by atoms with Gasteiger partial charge in [0.25, 0.3) is 11.8 Å². The van der Waals surface area contributed by atoms with E-state index >= 15 is 0 Å². The van der Waals surface area contributed by atoms with Gasteiger partial charge in [0.15, 0.2) is 0 Å². The molecule has 0 saturated heterocycles. The molecule has 1 aliphatic rings. The van der Waals surface area contributed by atoms with E-state index in [4.69, 9.17) is 10.5 Å². The summed E-state index contributed by atoms with van der Waals surface area (Å²) in [5, 5.41) is 18.3. The van der Waals surface area contributed by atoms with Crippen molar-refractivity contribution in [2.45, 2.75) is 52.4 Å². The van der Waals surface area contributed by atoms with Crippen molar-refractivity contribution in [3.05, 3.63) is 83.4 Å². The molecule has 3 atom stereocenters. The lowest BCUT2D eigenvalue weighted by atomic mass is 9.99. The quantitative estimate of drug-likeness (QED) is 0.212. The molecule has 0 fully saturated rings. The number of hydrogen-bond donors (Lipinski definition) is 5. The number of ether oxygens (including phenoxy) is 1. The fourth-order valence-electron chi connectivity index (χ4n) is 5.20. The van der Waals surface area contributed by atoms with Crippen molar-refractivity contribution in [1.29, 1.82) is 0 Å². The molecule has 6 N–H and O–H groups in total. The molecule has 0 spiro atoms. The minimum atomic E-state index is -0.404. The third-order valence-electron chi connectivity index (χ3n) is 7.71. The van der Waals surface area contributed by atoms with Gasteiger partial charge in [-0.15, -0.1) is 0 Å². The van der Waals surface area contributed by atoms with Gasteiger partial charge < -0.3 is 36.4 Å². The Morgan fingerprint density at radius 1 is 1.07 bits per heavy atom. The first-order chi connectivity index (χ1) is 21.4. The Morgan fingerprint density at radius 3 is 2.44 bits per heavy atom. The second-order valence-corrected chi connectivity index (χ2v) is 12.0. The van der Waals surface area contributed by atoms with Crippen LogP contribution in [0.15, 0.2) is 66.7 Å². The Balaban J connectivity index is 1.47. The molecule has 1 aliphatic heterocycles. The van der Waals surface area contributed by atoms with E-state index in [1.54, 1.807) is 47.4 Å². The van der Waals surface area contributed by atoms with Gasteiger partial charge in [-0.3, -0.25) is 14.5 Å². The number of nitrogens with zero attached hydrogens (tertiary/aromatic N) is 2. The Hall–Kier alpha value is -4.61. The number of carbonyl (C=O) groups is 3. The third kappa shape index (κ3) is 8.74. The normalized spacial score (nSPS) is 17.2. The number of hydrogen-bond acceptors (Lipinski definition) is 7. The first kappa shape index (κ1) is 33.3. The van der Waals surface area contributed by atoms with E-state index in [1.807, 2.05) is 59.0 Å². The number of benzene rings is 3. The average Bonchev–Trinajstić information content (AvgIpc) is 2.99. The van der Waals surface area contributed by atoms with E-state index in [1.165, 1.54) is 0 Å². The van der Waals surface area contributed by atoms with Crippen LogP contribution >= 0.6 is 0 Å². The molecular formula is C34H44N6O5. The standard InChI is InChI=1S/C34H44N6O5/c1-21(2)36-34(44)37-26-14-15-30-27(16-26)33(43)40(23(4)20-41)17-22(3)31(45-30)19-39(5)18-24-10-12-25(13-11-24)32(42)38-29-9-7-6-8-28(29)35/h6-16,21-23,31,41H,17-20,35H2,1-5H3,(H,38,42)(H2,36,37,44)/t22-,23-,31-/m0/s1. The minimum absolute atomic E-state index is 0.0450. The van der Waals surface area contributed by atoms with Crippen molar-refractivity contribution >= 4 is 34.9 Å². The van der Waals surface area contributed by atoms with E-state index in [-0.39, 0.29) is 42.5 Å². The van der Waals surface area contributed by atoms with Crippen molar-refractivity contribution in [3.63, 3.8) is 0 Å². The van der Waals surface area contributed by atoms with E-state index in [0.717, 1.165) is 5.56 Å². The lowest BCUT2D eigenvalue weighted by molar-refractivity contribution is 0.0341. The first-order valence-electron chi connectivity index (χ1n) is 15.2. The number of nitrogen functional groups attached to an aromatic ring is 1. The van der Waals surface area contributed by atoms with E-state index < -0.39 is 6.04 Å². The number of amides is 4. The summed E-state index contributed by atoms with van der Waals surface area (Å²) in [6, 6.07) is 18.8. The average molecular weight is 617 g/mol. The van der Waals surface area contributed by atoms with Gasteiger partial charge in [0.2, 0.25) is 0 Å². The number of likely N-dealkylation sites (N-methyl/N-ethyl adjacent to an activating group) is 1. The van der Waals surface area contributed by atoms with Crippen LogP contribution in [0.4, 0.5) is 21.9 Å². The zero-order chi connectivity index (χ0) is 32.7. The topological polar surface area (TPSA) is 149 Å². The lowest BCUT2D eigenvalue weighted by Gasteiger charge is -2.38. The maximum absolute atomic E-state index is 13.7. The zero-order valence-electron chi connectivity index (χ0n) is 26.5. The third-order valence-corrected chi connectivity index (χ3v) is 7.71. The van der Waals surface area contributed by atoms with Crippen LogP contribution in [-0.4, -0.2) is 77.7 Å². The van der Waals surface area contributed by atoms with E-state index in [9.17, 15) is 19.5 Å². The van der Waals surface area contributed by atoms with Crippen molar-refractivity contribution in [3.8, 4) is 5.75 Å². The molecule has 3 aromatic carbocycles. The molecule has 240 valence electrons. The van der Waals surface area contributed by atoms with Crippen LogP contribution in [0.1, 0.15) is 54.0 Å². The molecule has 11 heteroatoms. The number of rotatable bonds is 10. The SMILES string of the molecule is CC(C)NC(=O)Nc1ccc2c(c1)C(=O)N([C@@H](C)CO)C[C@H](C)[C@H](CN(C)Cc1ccc(C(=O)Nc3ccccc3N)cc1)O2. The summed E-state index contributed by atoms with van der Waals surface area (Å²) < 4.78 is 6.49. The maximum Gasteiger partial charge on any atom is 0.319 e. The minimum Gasteiger partial charge on any atom is -0.488 e. The molecule has 0 bridgehead atoms. The molecule has 0 unspecified atom stereocenters. The van der Waals surface area contributed by atoms with Gasteiger partial charge in [-0.2, -0.15) is 0 Å². The fraction of sp³-hybridized carbons (Fsp3) is 0.382. The molecular weight excluding hydrogens is 572 g/mol. The van der Waals surface area contributed by atoms with Crippen molar-refractivity contribution in [2.24, 2.45) is 5.92 Å². The number of carbonyl (C=O) groups excluding carboxylic acids is 3. The molecule has 0 aromatic heterocycles. The molecule has 3 aromatic rings. The van der Waals surface area contributed by atoms with Crippen LogP contribution in [-0.2, 0) is 6.54 Å². The number of nitrogens with two attached hydrogens (primary N) is 1. The fourth-order valence-corrected chi connectivity index (χ4v) is 5.20. The number of anilines is 3. The highest BCUT2D eigenvalue weighted by Crippen LogP contribution is 2.31. The highest BCUT2D eigenvalue weighted by atomic mass is 16.5. The van der Waals surface area contributed by atoms with E-state index in [2.05, 4.69) is 20.9 Å². The summed E-state index contributed by atoms with van der Waals surface area (Å²) in [4.78, 5) is 42.5. The summed E-state index contributed by atoms with van der Waals surface area (Å²) in [5.74, 6) is -0.135. The largest absolute Gasteiger partial charge is 0.488 e. The van der Waals surface area contributed by atoms with Crippen LogP contribution in [0, 0.1) is 5.92 Å². The van der Waals surface area contributed by atoms with Gasteiger partial charge in [-0.05, 0) is 75.8 Å². The van der Waals surface area contributed by atoms with Crippen LogP contribution in [0.3, 0.4) is 0 Å². The number of urea groups is 1. The molecule has 0 aliphatic carbocycles. The molecule has 11 nitrogen and oxygen atoms in total. The molecule has 45 heavy (non-hydrogen) atoms. The van der Waals surface area contributed by atoms with Gasteiger partial charge in [0.1, 0.15) is 11.9 Å². The number of nitrogens with one attached hydrogen (secondary N) is 3. The summed E-state index contributed by atoms with van der Waals surface area (Å²) in [6.45, 7) is 8.94. The Labute approximate surface area is 264 Å². The van der Waals surface area contributed by atoms with Crippen molar-refractivity contribution < 1.29 is 24.2 Å². The van der Waals surface area contributed by atoms with Crippen LogP contribution in [0.2, 0.25) is 0 Å². The van der Waals surface area contributed by atoms with Gasteiger partial charge >= 0.3 is 6.03 Å². The second kappa shape index (κ2) is 14.9. The summed E-state index contributed by atoms with van der Waals surface area (Å²) in [5.41, 5.74) is 9.36. The Bertz CT molecular complexity index is 1490. The molecule has 0 radical (unpaired) electrons. The zero-order valence-corrected chi connectivity index (χ0v) is 26.5. The van der Waals surface area contributed by atoms with Crippen molar-refractivity contribution in [2.75, 3.05) is 43.1 Å². The van der Waals surface area contributed by atoms with Crippen LogP contribution in [0.5, 0.6) is 5.75 Å². The Kier molecular flexibility index (Phi) is 11.0. The second-order valence-electron chi connectivity index (χ2n) is 12.0.